The van der Waals surface area contributed by atoms with Crippen LogP contribution in [0.15, 0.2) is 0 Å². The normalized spacial score (nSPS) is 41.2. The summed E-state index contributed by atoms with van der Waals surface area (Å²) in [6, 6.07) is 0. The van der Waals surface area contributed by atoms with Crippen molar-refractivity contribution in [3.63, 3.8) is 0 Å². The predicted molar refractivity (Wildman–Crippen MR) is 57.1 cm³/mol. The fraction of sp³-hybridized carbons (Fsp3) is 1.00. The van der Waals surface area contributed by atoms with Crippen LogP contribution in [0.2, 0.25) is 0 Å². The first-order valence-electron chi connectivity index (χ1n) is 5.38. The molecule has 2 fully saturated rings. The summed E-state index contributed by atoms with van der Waals surface area (Å²) in [5.74, 6) is 0.387. The third kappa shape index (κ3) is 1.31. The summed E-state index contributed by atoms with van der Waals surface area (Å²) in [5.41, 5.74) is -0.0185. The van der Waals surface area contributed by atoms with Crippen LogP contribution in [0.3, 0.4) is 0 Å². The Bertz CT molecular complexity index is 323. The van der Waals surface area contributed by atoms with Gasteiger partial charge in [-0.2, -0.15) is 0 Å². The van der Waals surface area contributed by atoms with Gasteiger partial charge in [-0.15, -0.1) is 0 Å². The molecule has 0 amide bonds. The average molecular weight is 217 g/mol. The van der Waals surface area contributed by atoms with Crippen LogP contribution in [0.5, 0.6) is 0 Å². The Morgan fingerprint density at radius 3 is 2.50 bits per heavy atom. The van der Waals surface area contributed by atoms with E-state index in [1.165, 1.54) is 12.8 Å². The number of nitrogens with zero attached hydrogens (tertiary/aromatic N) is 1. The maximum Gasteiger partial charge on any atom is 0.156 e. The summed E-state index contributed by atoms with van der Waals surface area (Å²) in [6.07, 6.45) is 5.40. The number of hydrogen-bond acceptors (Lipinski definition) is 3. The Kier molecular flexibility index (Phi) is 2.39. The minimum atomic E-state index is -2.75. The van der Waals surface area contributed by atoms with Gasteiger partial charge in [0.05, 0.1) is 16.5 Å². The van der Waals surface area contributed by atoms with Crippen molar-refractivity contribution in [1.29, 1.82) is 0 Å². The first kappa shape index (κ1) is 10.4. The standard InChI is InChI=1S/C10H19NO2S/c1-11(2)10-7-5-3-4-6-9(10)14(12,13)8-10/h9H,3-8H2,1-2H3/t9-,10+/m1/s1. The van der Waals surface area contributed by atoms with Gasteiger partial charge in [0.1, 0.15) is 0 Å². The van der Waals surface area contributed by atoms with Crippen LogP contribution in [0.1, 0.15) is 32.1 Å². The predicted octanol–water partition coefficient (Wildman–Crippen LogP) is 1.05. The van der Waals surface area contributed by atoms with Gasteiger partial charge < -0.3 is 4.90 Å². The second kappa shape index (κ2) is 3.20. The molecular weight excluding hydrogens is 198 g/mol. The molecule has 82 valence electrons. The average Bonchev–Trinajstić information content (AvgIpc) is 2.24. The molecule has 0 spiro atoms. The van der Waals surface area contributed by atoms with Crippen LogP contribution in [0.4, 0.5) is 0 Å². The quantitative estimate of drug-likeness (QED) is 0.659. The van der Waals surface area contributed by atoms with E-state index in [4.69, 9.17) is 0 Å². The number of fused-ring (bicyclic) bond motifs is 1. The van der Waals surface area contributed by atoms with E-state index >= 15 is 0 Å². The van der Waals surface area contributed by atoms with Gasteiger partial charge in [-0.05, 0) is 26.9 Å². The van der Waals surface area contributed by atoms with Crippen molar-refractivity contribution in [3.8, 4) is 0 Å². The van der Waals surface area contributed by atoms with Crippen LogP contribution in [0.25, 0.3) is 0 Å². The maximum absolute atomic E-state index is 11.7. The molecule has 2 rings (SSSR count). The number of hydrogen-bond donors (Lipinski definition) is 0. The first-order valence-corrected chi connectivity index (χ1v) is 7.10. The summed E-state index contributed by atoms with van der Waals surface area (Å²) in [7, 11) is 1.29. The van der Waals surface area contributed by atoms with E-state index in [-0.39, 0.29) is 10.8 Å². The Morgan fingerprint density at radius 2 is 1.93 bits per heavy atom. The molecule has 0 N–H and O–H groups in total. The highest BCUT2D eigenvalue weighted by Gasteiger charge is 2.59. The Labute approximate surface area is 86.4 Å². The first-order chi connectivity index (χ1) is 6.49. The highest BCUT2D eigenvalue weighted by atomic mass is 32.2. The van der Waals surface area contributed by atoms with E-state index in [2.05, 4.69) is 4.90 Å². The number of rotatable bonds is 1. The Hall–Kier alpha value is -0.0900. The van der Waals surface area contributed by atoms with E-state index < -0.39 is 9.84 Å². The lowest BCUT2D eigenvalue weighted by Gasteiger charge is -2.52. The molecule has 3 nitrogen and oxygen atoms in total. The third-order valence-corrected chi connectivity index (χ3v) is 6.39. The van der Waals surface area contributed by atoms with Crippen molar-refractivity contribution in [2.75, 3.05) is 19.8 Å². The van der Waals surface area contributed by atoms with Crippen LogP contribution in [-0.2, 0) is 9.84 Å². The zero-order valence-electron chi connectivity index (χ0n) is 8.99. The van der Waals surface area contributed by atoms with Crippen LogP contribution < -0.4 is 0 Å². The van der Waals surface area contributed by atoms with Crippen LogP contribution in [-0.4, -0.2) is 44.0 Å². The van der Waals surface area contributed by atoms with Gasteiger partial charge in [0.15, 0.2) is 9.84 Å². The molecule has 4 heteroatoms. The molecule has 1 saturated heterocycles. The van der Waals surface area contributed by atoms with Gasteiger partial charge in [0, 0.05) is 0 Å². The van der Waals surface area contributed by atoms with E-state index in [1.54, 1.807) is 0 Å². The van der Waals surface area contributed by atoms with E-state index in [0.29, 0.717) is 5.75 Å². The molecule has 1 aliphatic heterocycles. The van der Waals surface area contributed by atoms with Crippen LogP contribution >= 0.6 is 0 Å². The molecular formula is C10H19NO2S. The summed E-state index contributed by atoms with van der Waals surface area (Å²) in [4.78, 5) is 2.14. The van der Waals surface area contributed by atoms with Gasteiger partial charge >= 0.3 is 0 Å². The molecule has 14 heavy (non-hydrogen) atoms. The van der Waals surface area contributed by atoms with Crippen molar-refractivity contribution in [2.45, 2.75) is 42.9 Å². The lowest BCUT2D eigenvalue weighted by Crippen LogP contribution is -2.69. The zero-order valence-corrected chi connectivity index (χ0v) is 9.81. The fourth-order valence-electron chi connectivity index (χ4n) is 3.04. The number of sulfone groups is 1. The van der Waals surface area contributed by atoms with Gasteiger partial charge in [-0.25, -0.2) is 8.42 Å². The summed E-state index contributed by atoms with van der Waals surface area (Å²) >= 11 is 0. The van der Waals surface area contributed by atoms with Crippen molar-refractivity contribution < 1.29 is 8.42 Å². The van der Waals surface area contributed by atoms with Crippen molar-refractivity contribution in [3.05, 3.63) is 0 Å². The van der Waals surface area contributed by atoms with E-state index in [9.17, 15) is 8.42 Å². The minimum absolute atomic E-state index is 0.0185. The highest BCUT2D eigenvalue weighted by molar-refractivity contribution is 7.93. The Morgan fingerprint density at radius 1 is 1.21 bits per heavy atom. The molecule has 1 heterocycles. The van der Waals surface area contributed by atoms with Gasteiger partial charge in [0.25, 0.3) is 0 Å². The smallest absolute Gasteiger partial charge is 0.156 e. The molecule has 0 radical (unpaired) electrons. The summed E-state index contributed by atoms with van der Waals surface area (Å²) < 4.78 is 23.4. The van der Waals surface area contributed by atoms with Crippen molar-refractivity contribution >= 4 is 9.84 Å². The van der Waals surface area contributed by atoms with Gasteiger partial charge in [-0.1, -0.05) is 19.3 Å². The lowest BCUT2D eigenvalue weighted by molar-refractivity contribution is 0.135. The highest BCUT2D eigenvalue weighted by Crippen LogP contribution is 2.44. The van der Waals surface area contributed by atoms with E-state index in [1.807, 2.05) is 14.1 Å². The molecule has 1 aliphatic carbocycles. The van der Waals surface area contributed by atoms with Crippen LogP contribution in [0, 0.1) is 0 Å². The van der Waals surface area contributed by atoms with Gasteiger partial charge in [-0.3, -0.25) is 0 Å². The van der Waals surface area contributed by atoms with Crippen molar-refractivity contribution in [2.24, 2.45) is 0 Å². The summed E-state index contributed by atoms with van der Waals surface area (Å²) in [5, 5.41) is -0.0764. The monoisotopic (exact) mass is 217 g/mol. The topological polar surface area (TPSA) is 37.4 Å². The lowest BCUT2D eigenvalue weighted by atomic mass is 9.89. The second-order valence-corrected chi connectivity index (χ2v) is 7.08. The van der Waals surface area contributed by atoms with Gasteiger partial charge in [0.2, 0.25) is 0 Å². The Balaban J connectivity index is 2.30. The largest absolute Gasteiger partial charge is 0.301 e. The second-order valence-electron chi connectivity index (χ2n) is 4.89. The molecule has 2 aliphatic rings. The third-order valence-electron chi connectivity index (χ3n) is 3.95. The fourth-order valence-corrected chi connectivity index (χ4v) is 5.85. The minimum Gasteiger partial charge on any atom is -0.301 e. The zero-order chi connectivity index (χ0) is 10.4. The summed E-state index contributed by atoms with van der Waals surface area (Å²) in [6.45, 7) is 0. The molecule has 1 saturated carbocycles. The SMILES string of the molecule is CN(C)[C@]12CCCCC[C@H]1S(=O)(=O)C2. The molecule has 0 bridgehead atoms. The molecule has 0 aromatic carbocycles. The maximum atomic E-state index is 11.7. The molecule has 2 atom stereocenters. The molecule has 0 aromatic rings. The van der Waals surface area contributed by atoms with Crippen molar-refractivity contribution in [1.82, 2.24) is 4.90 Å². The molecule has 0 unspecified atom stereocenters. The molecule has 0 aromatic heterocycles. The van der Waals surface area contributed by atoms with E-state index in [0.717, 1.165) is 19.3 Å².